The van der Waals surface area contributed by atoms with Crippen molar-refractivity contribution < 1.29 is 14.2 Å². The van der Waals surface area contributed by atoms with Gasteiger partial charge in [-0.25, -0.2) is 9.67 Å². The Bertz CT molecular complexity index is 786. The van der Waals surface area contributed by atoms with Crippen LogP contribution in [0.25, 0.3) is 5.69 Å². The summed E-state index contributed by atoms with van der Waals surface area (Å²) in [5.74, 6) is 2.74. The van der Waals surface area contributed by atoms with Gasteiger partial charge in [0.25, 0.3) is 0 Å². The van der Waals surface area contributed by atoms with E-state index >= 15 is 0 Å². The number of aryl methyl sites for hydroxylation is 1. The first-order valence-corrected chi connectivity index (χ1v) is 9.54. The molecule has 8 nitrogen and oxygen atoms in total. The van der Waals surface area contributed by atoms with Gasteiger partial charge in [-0.1, -0.05) is 0 Å². The molecule has 2 aromatic heterocycles. The van der Waals surface area contributed by atoms with E-state index in [0.29, 0.717) is 37.6 Å². The van der Waals surface area contributed by atoms with Crippen molar-refractivity contribution in [3.05, 3.63) is 23.4 Å². The fraction of sp³-hybridized carbons (Fsp3) is 0.579. The van der Waals surface area contributed by atoms with E-state index < -0.39 is 0 Å². The Morgan fingerprint density at radius 1 is 1.37 bits per heavy atom. The highest BCUT2D eigenvalue weighted by atomic mass is 16.5. The topological polar surface area (TPSA) is 82.5 Å². The minimum absolute atomic E-state index is 0.452. The number of nitrogens with one attached hydrogen (secondary N) is 2. The maximum Gasteiger partial charge on any atom is 0.238 e. The average molecular weight is 373 g/mol. The Hall–Kier alpha value is -2.32. The monoisotopic (exact) mass is 373 g/mol. The SMILES string of the molecule is COc1ncc(-n2nc(OCC3CCCNC3)c3c2NCOCC3)cc1C. The van der Waals surface area contributed by atoms with Crippen LogP contribution in [0.4, 0.5) is 5.82 Å². The second-order valence-corrected chi connectivity index (χ2v) is 7.07. The minimum atomic E-state index is 0.452. The molecule has 0 radical (unpaired) electrons. The average Bonchev–Trinajstić information content (AvgIpc) is 2.87. The molecule has 1 unspecified atom stereocenters. The van der Waals surface area contributed by atoms with Crippen molar-refractivity contribution in [2.24, 2.45) is 5.92 Å². The van der Waals surface area contributed by atoms with Gasteiger partial charge in [0.15, 0.2) is 0 Å². The minimum Gasteiger partial charge on any atom is -0.481 e. The zero-order valence-electron chi connectivity index (χ0n) is 16.0. The number of methoxy groups -OCH3 is 1. The van der Waals surface area contributed by atoms with Crippen LogP contribution in [0.2, 0.25) is 0 Å². The normalized spacial score (nSPS) is 19.7. The largest absolute Gasteiger partial charge is 0.481 e. The number of hydrogen-bond acceptors (Lipinski definition) is 7. The molecule has 8 heteroatoms. The molecule has 0 spiro atoms. The molecular formula is C19H27N5O3. The second kappa shape index (κ2) is 8.14. The maximum atomic E-state index is 6.16. The standard InChI is InChI=1S/C19H27N5O3/c1-13-8-15(10-21-18(13)25-2)24-17-16(5-7-26-12-22-17)19(23-24)27-11-14-4-3-6-20-9-14/h8,10,14,20,22H,3-7,9,11-12H2,1-2H3. The molecule has 4 rings (SSSR count). The van der Waals surface area contributed by atoms with Crippen LogP contribution < -0.4 is 20.1 Å². The molecule has 1 atom stereocenters. The zero-order chi connectivity index (χ0) is 18.6. The van der Waals surface area contributed by atoms with Crippen LogP contribution in [0.3, 0.4) is 0 Å². The summed E-state index contributed by atoms with van der Waals surface area (Å²) in [7, 11) is 1.62. The number of aromatic nitrogens is 3. The lowest BCUT2D eigenvalue weighted by Gasteiger charge is -2.22. The van der Waals surface area contributed by atoms with Crippen molar-refractivity contribution in [1.29, 1.82) is 0 Å². The van der Waals surface area contributed by atoms with Crippen LogP contribution in [-0.2, 0) is 11.2 Å². The lowest BCUT2D eigenvalue weighted by molar-refractivity contribution is 0.157. The highest BCUT2D eigenvalue weighted by Gasteiger charge is 2.24. The number of hydrogen-bond donors (Lipinski definition) is 2. The highest BCUT2D eigenvalue weighted by Crippen LogP contribution is 2.32. The zero-order valence-corrected chi connectivity index (χ0v) is 16.0. The first kappa shape index (κ1) is 18.1. The number of ether oxygens (including phenoxy) is 3. The summed E-state index contributed by atoms with van der Waals surface area (Å²) in [6.07, 6.45) is 4.93. The third-order valence-corrected chi connectivity index (χ3v) is 5.09. The molecule has 0 amide bonds. The first-order valence-electron chi connectivity index (χ1n) is 9.54. The molecule has 2 N–H and O–H groups in total. The van der Waals surface area contributed by atoms with Crippen molar-refractivity contribution in [3.63, 3.8) is 0 Å². The summed E-state index contributed by atoms with van der Waals surface area (Å²) in [6, 6.07) is 2.02. The third kappa shape index (κ3) is 3.86. The summed E-state index contributed by atoms with van der Waals surface area (Å²) in [5, 5.41) is 11.5. The predicted octanol–water partition coefficient (Wildman–Crippen LogP) is 1.90. The molecule has 0 aliphatic carbocycles. The highest BCUT2D eigenvalue weighted by molar-refractivity contribution is 5.56. The molecule has 1 fully saturated rings. The lowest BCUT2D eigenvalue weighted by atomic mass is 10.0. The number of piperidine rings is 1. The third-order valence-electron chi connectivity index (χ3n) is 5.09. The van der Waals surface area contributed by atoms with Crippen molar-refractivity contribution in [3.8, 4) is 17.4 Å². The molecule has 0 saturated carbocycles. The van der Waals surface area contributed by atoms with Crippen LogP contribution in [0.1, 0.15) is 24.0 Å². The van der Waals surface area contributed by atoms with Crippen molar-refractivity contribution in [2.45, 2.75) is 26.2 Å². The molecular weight excluding hydrogens is 346 g/mol. The molecule has 27 heavy (non-hydrogen) atoms. The Labute approximate surface area is 159 Å². The maximum absolute atomic E-state index is 6.16. The number of anilines is 1. The quantitative estimate of drug-likeness (QED) is 0.828. The summed E-state index contributed by atoms with van der Waals surface area (Å²) in [5.41, 5.74) is 2.89. The van der Waals surface area contributed by atoms with Gasteiger partial charge in [-0.05, 0) is 32.4 Å². The van der Waals surface area contributed by atoms with Crippen molar-refractivity contribution >= 4 is 5.82 Å². The fourth-order valence-electron chi connectivity index (χ4n) is 3.65. The predicted molar refractivity (Wildman–Crippen MR) is 102 cm³/mol. The number of fused-ring (bicyclic) bond motifs is 1. The first-order chi connectivity index (χ1) is 13.3. The Morgan fingerprint density at radius 2 is 2.30 bits per heavy atom. The number of pyridine rings is 1. The van der Waals surface area contributed by atoms with Gasteiger partial charge in [0.1, 0.15) is 12.5 Å². The van der Waals surface area contributed by atoms with Gasteiger partial charge in [0.2, 0.25) is 11.8 Å². The van der Waals surface area contributed by atoms with Gasteiger partial charge in [-0.3, -0.25) is 0 Å². The van der Waals surface area contributed by atoms with Crippen LogP contribution in [-0.4, -0.2) is 54.9 Å². The van der Waals surface area contributed by atoms with Crippen LogP contribution in [0.15, 0.2) is 12.3 Å². The molecule has 146 valence electrons. The Balaban J connectivity index is 1.63. The summed E-state index contributed by atoms with van der Waals surface area (Å²) in [4.78, 5) is 4.38. The fourth-order valence-corrected chi connectivity index (χ4v) is 3.65. The summed E-state index contributed by atoms with van der Waals surface area (Å²) in [6.45, 7) is 5.86. The van der Waals surface area contributed by atoms with E-state index in [1.165, 1.54) is 12.8 Å². The van der Waals surface area contributed by atoms with Gasteiger partial charge in [-0.15, -0.1) is 5.10 Å². The van der Waals surface area contributed by atoms with E-state index in [-0.39, 0.29) is 0 Å². The lowest BCUT2D eigenvalue weighted by Crippen LogP contribution is -2.33. The number of nitrogens with zero attached hydrogens (tertiary/aromatic N) is 3. The van der Waals surface area contributed by atoms with Gasteiger partial charge < -0.3 is 24.8 Å². The van der Waals surface area contributed by atoms with E-state index in [2.05, 4.69) is 15.6 Å². The summed E-state index contributed by atoms with van der Waals surface area (Å²) >= 11 is 0. The van der Waals surface area contributed by atoms with Crippen LogP contribution in [0, 0.1) is 12.8 Å². The molecule has 2 aromatic rings. The summed E-state index contributed by atoms with van der Waals surface area (Å²) < 4.78 is 18.9. The van der Waals surface area contributed by atoms with E-state index in [0.717, 1.165) is 42.1 Å². The molecule has 4 heterocycles. The Kier molecular flexibility index (Phi) is 5.45. The van der Waals surface area contributed by atoms with E-state index in [1.807, 2.05) is 17.7 Å². The second-order valence-electron chi connectivity index (χ2n) is 7.07. The molecule has 0 aromatic carbocycles. The van der Waals surface area contributed by atoms with Crippen molar-refractivity contribution in [2.75, 3.05) is 45.5 Å². The Morgan fingerprint density at radius 3 is 3.07 bits per heavy atom. The molecule has 1 saturated heterocycles. The van der Waals surface area contributed by atoms with E-state index in [4.69, 9.17) is 19.3 Å². The van der Waals surface area contributed by atoms with Crippen molar-refractivity contribution in [1.82, 2.24) is 20.1 Å². The van der Waals surface area contributed by atoms with E-state index in [9.17, 15) is 0 Å². The molecule has 0 bridgehead atoms. The smallest absolute Gasteiger partial charge is 0.238 e. The van der Waals surface area contributed by atoms with Crippen LogP contribution in [0.5, 0.6) is 11.8 Å². The van der Waals surface area contributed by atoms with Gasteiger partial charge in [-0.2, -0.15) is 0 Å². The molecule has 2 aliphatic heterocycles. The van der Waals surface area contributed by atoms with Gasteiger partial charge in [0, 0.05) is 24.4 Å². The molecule has 2 aliphatic rings. The van der Waals surface area contributed by atoms with E-state index in [1.54, 1.807) is 13.3 Å². The van der Waals surface area contributed by atoms with Gasteiger partial charge in [0.05, 0.1) is 37.8 Å². The van der Waals surface area contributed by atoms with Gasteiger partial charge >= 0.3 is 0 Å². The number of rotatable bonds is 5. The van der Waals surface area contributed by atoms with Crippen LogP contribution >= 0.6 is 0 Å².